The molecule has 0 amide bonds. The second-order valence-electron chi connectivity index (χ2n) is 3.75. The van der Waals surface area contributed by atoms with Crippen molar-refractivity contribution in [3.8, 4) is 11.4 Å². The molecule has 0 aliphatic carbocycles. The largest absolute Gasteiger partial charge is 0.275 e. The zero-order chi connectivity index (χ0) is 12.0. The summed E-state index contributed by atoms with van der Waals surface area (Å²) >= 11 is 6.11. The molecular formula is C10H9ClN6. The molecule has 0 unspecified atom stereocenters. The Labute approximate surface area is 102 Å². The van der Waals surface area contributed by atoms with Gasteiger partial charge in [-0.1, -0.05) is 11.6 Å². The summed E-state index contributed by atoms with van der Waals surface area (Å²) in [6, 6.07) is 0. The molecule has 0 fully saturated rings. The number of hydrogen-bond acceptors (Lipinski definition) is 4. The van der Waals surface area contributed by atoms with Crippen LogP contribution < -0.4 is 0 Å². The first-order valence-corrected chi connectivity index (χ1v) is 5.40. The zero-order valence-electron chi connectivity index (χ0n) is 9.29. The monoisotopic (exact) mass is 248 g/mol. The highest BCUT2D eigenvalue weighted by molar-refractivity contribution is 6.29. The van der Waals surface area contributed by atoms with Crippen LogP contribution in [0.1, 0.15) is 5.69 Å². The Bertz CT molecular complexity index is 698. The summed E-state index contributed by atoms with van der Waals surface area (Å²) in [5.41, 5.74) is 2.42. The first-order chi connectivity index (χ1) is 8.16. The molecule has 0 aliphatic heterocycles. The fourth-order valence-electron chi connectivity index (χ4n) is 1.81. The second kappa shape index (κ2) is 3.53. The van der Waals surface area contributed by atoms with Gasteiger partial charge >= 0.3 is 0 Å². The van der Waals surface area contributed by atoms with Gasteiger partial charge in [0, 0.05) is 13.2 Å². The Morgan fingerprint density at radius 2 is 2.06 bits per heavy atom. The van der Waals surface area contributed by atoms with E-state index in [-0.39, 0.29) is 0 Å². The van der Waals surface area contributed by atoms with Crippen molar-refractivity contribution in [1.29, 1.82) is 0 Å². The van der Waals surface area contributed by atoms with Crippen molar-refractivity contribution in [2.75, 3.05) is 0 Å². The van der Waals surface area contributed by atoms with E-state index in [1.807, 2.05) is 20.2 Å². The Hall–Kier alpha value is -1.95. The Balaban J connectivity index is 2.35. The third-order valence-electron chi connectivity index (χ3n) is 2.53. The van der Waals surface area contributed by atoms with Crippen molar-refractivity contribution in [3.05, 3.63) is 29.4 Å². The van der Waals surface area contributed by atoms with Gasteiger partial charge in [0.2, 0.25) is 0 Å². The molecule has 0 saturated heterocycles. The minimum atomic E-state index is 0.478. The number of aromatic nitrogens is 6. The molecule has 0 aliphatic rings. The van der Waals surface area contributed by atoms with Crippen LogP contribution in [0.4, 0.5) is 0 Å². The highest BCUT2D eigenvalue weighted by Gasteiger charge is 2.15. The minimum Gasteiger partial charge on any atom is -0.275 e. The van der Waals surface area contributed by atoms with Gasteiger partial charge in [-0.25, -0.2) is 0 Å². The molecule has 0 N–H and O–H groups in total. The summed E-state index contributed by atoms with van der Waals surface area (Å²) in [6.07, 6.45) is 5.07. The average Bonchev–Trinajstić information content (AvgIpc) is 2.83. The molecule has 0 aromatic carbocycles. The number of aryl methyl sites for hydroxylation is 2. The van der Waals surface area contributed by atoms with Crippen molar-refractivity contribution in [3.63, 3.8) is 0 Å². The molecule has 3 rings (SSSR count). The third kappa shape index (κ3) is 1.49. The summed E-state index contributed by atoms with van der Waals surface area (Å²) in [5, 5.41) is 12.9. The molecule has 0 saturated carbocycles. The molecular weight excluding hydrogens is 240 g/mol. The summed E-state index contributed by atoms with van der Waals surface area (Å²) in [7, 11) is 1.86. The Kier molecular flexibility index (Phi) is 2.12. The Morgan fingerprint density at radius 3 is 2.76 bits per heavy atom. The van der Waals surface area contributed by atoms with Crippen LogP contribution in [0, 0.1) is 6.92 Å². The van der Waals surface area contributed by atoms with Crippen LogP contribution in [0.2, 0.25) is 5.15 Å². The van der Waals surface area contributed by atoms with Crippen LogP contribution in [0.25, 0.3) is 17.0 Å². The summed E-state index contributed by atoms with van der Waals surface area (Å²) in [5.74, 6) is 0.679. The van der Waals surface area contributed by atoms with Gasteiger partial charge in [-0.15, -0.1) is 10.2 Å². The zero-order valence-corrected chi connectivity index (χ0v) is 10.0. The van der Waals surface area contributed by atoms with E-state index in [9.17, 15) is 0 Å². The van der Waals surface area contributed by atoms with Gasteiger partial charge in [0.25, 0.3) is 0 Å². The highest BCUT2D eigenvalue weighted by atomic mass is 35.5. The highest BCUT2D eigenvalue weighted by Crippen LogP contribution is 2.23. The molecule has 3 aromatic rings. The molecule has 0 spiro atoms. The van der Waals surface area contributed by atoms with E-state index in [0.29, 0.717) is 16.6 Å². The molecule has 86 valence electrons. The molecule has 3 heterocycles. The van der Waals surface area contributed by atoms with Gasteiger partial charge in [-0.05, 0) is 6.92 Å². The topological polar surface area (TPSA) is 60.9 Å². The number of nitrogens with zero attached hydrogens (tertiary/aromatic N) is 6. The van der Waals surface area contributed by atoms with E-state index in [1.165, 1.54) is 0 Å². The molecule has 17 heavy (non-hydrogen) atoms. The Morgan fingerprint density at radius 1 is 1.24 bits per heavy atom. The molecule has 0 bridgehead atoms. The van der Waals surface area contributed by atoms with Gasteiger partial charge in [-0.3, -0.25) is 14.1 Å². The first kappa shape index (κ1) is 10.2. The lowest BCUT2D eigenvalue weighted by Crippen LogP contribution is -1.92. The van der Waals surface area contributed by atoms with Crippen LogP contribution in [0.3, 0.4) is 0 Å². The average molecular weight is 249 g/mol. The minimum absolute atomic E-state index is 0.478. The summed E-state index contributed by atoms with van der Waals surface area (Å²) < 4.78 is 3.49. The van der Waals surface area contributed by atoms with E-state index >= 15 is 0 Å². The van der Waals surface area contributed by atoms with Crippen LogP contribution in [-0.4, -0.2) is 29.4 Å². The van der Waals surface area contributed by atoms with Crippen LogP contribution in [0.5, 0.6) is 0 Å². The lowest BCUT2D eigenvalue weighted by atomic mass is 10.2. The fraction of sp³-hybridized carbons (Fsp3) is 0.200. The molecule has 7 heteroatoms. The maximum Gasteiger partial charge on any atom is 0.180 e. The van der Waals surface area contributed by atoms with Gasteiger partial charge in [0.1, 0.15) is 5.15 Å². The van der Waals surface area contributed by atoms with Crippen molar-refractivity contribution in [2.24, 2.45) is 7.05 Å². The summed E-state index contributed by atoms with van der Waals surface area (Å²) in [4.78, 5) is 3.97. The second-order valence-corrected chi connectivity index (χ2v) is 4.14. The molecule has 0 atom stereocenters. The van der Waals surface area contributed by atoms with E-state index in [4.69, 9.17) is 11.6 Å². The SMILES string of the molecule is Cc1nn(C)cc1-c1nnc2cncc(Cl)n12. The lowest BCUT2D eigenvalue weighted by Gasteiger charge is -1.99. The predicted octanol–water partition coefficient (Wildman–Crippen LogP) is 1.49. The molecule has 0 radical (unpaired) electrons. The number of halogens is 1. The number of fused-ring (bicyclic) bond motifs is 1. The third-order valence-corrected chi connectivity index (χ3v) is 2.79. The first-order valence-electron chi connectivity index (χ1n) is 5.02. The van der Waals surface area contributed by atoms with Crippen LogP contribution in [0.15, 0.2) is 18.6 Å². The van der Waals surface area contributed by atoms with E-state index in [2.05, 4.69) is 20.3 Å². The predicted molar refractivity (Wildman–Crippen MR) is 62.7 cm³/mol. The van der Waals surface area contributed by atoms with Crippen molar-refractivity contribution in [1.82, 2.24) is 29.4 Å². The fourth-order valence-corrected chi connectivity index (χ4v) is 2.03. The summed E-state index contributed by atoms with van der Waals surface area (Å²) in [6.45, 7) is 1.92. The molecule has 6 nitrogen and oxygen atoms in total. The van der Waals surface area contributed by atoms with Crippen molar-refractivity contribution >= 4 is 17.2 Å². The standard InChI is InChI=1S/C10H9ClN6/c1-6-7(5-16(2)15-6)10-14-13-9-4-12-3-8(11)17(9)10/h3-5H,1-2H3. The maximum absolute atomic E-state index is 6.11. The van der Waals surface area contributed by atoms with Crippen LogP contribution >= 0.6 is 11.6 Å². The molecule has 3 aromatic heterocycles. The van der Waals surface area contributed by atoms with Crippen LogP contribution in [-0.2, 0) is 7.05 Å². The smallest absolute Gasteiger partial charge is 0.180 e. The van der Waals surface area contributed by atoms with Gasteiger partial charge in [0.05, 0.1) is 23.7 Å². The van der Waals surface area contributed by atoms with E-state index in [1.54, 1.807) is 21.5 Å². The van der Waals surface area contributed by atoms with E-state index < -0.39 is 0 Å². The van der Waals surface area contributed by atoms with Crippen molar-refractivity contribution < 1.29 is 0 Å². The normalized spacial score (nSPS) is 11.2. The van der Waals surface area contributed by atoms with Gasteiger partial charge < -0.3 is 0 Å². The van der Waals surface area contributed by atoms with E-state index in [0.717, 1.165) is 11.3 Å². The maximum atomic E-state index is 6.11. The van der Waals surface area contributed by atoms with Gasteiger partial charge in [-0.2, -0.15) is 5.10 Å². The van der Waals surface area contributed by atoms with Crippen molar-refractivity contribution in [2.45, 2.75) is 6.92 Å². The number of rotatable bonds is 1. The lowest BCUT2D eigenvalue weighted by molar-refractivity contribution is 0.756. The number of hydrogen-bond donors (Lipinski definition) is 0. The van der Waals surface area contributed by atoms with Gasteiger partial charge in [0.15, 0.2) is 11.5 Å². The quantitative estimate of drug-likeness (QED) is 0.655.